The van der Waals surface area contributed by atoms with Crippen LogP contribution in [0.2, 0.25) is 0 Å². The summed E-state index contributed by atoms with van der Waals surface area (Å²) in [7, 11) is -6.23. The van der Waals surface area contributed by atoms with E-state index in [0.717, 1.165) is 0 Å². The van der Waals surface area contributed by atoms with Gasteiger partial charge in [0.2, 0.25) is 7.37 Å². The Bertz CT molecular complexity index is 280. The molecule has 0 bridgehead atoms. The molecule has 0 saturated heterocycles. The maximum absolute atomic E-state index is 12.1. The van der Waals surface area contributed by atoms with E-state index in [-0.39, 0.29) is 25.2 Å². The fourth-order valence-corrected chi connectivity index (χ4v) is 6.50. The zero-order valence-electron chi connectivity index (χ0n) is 10.6. The molecule has 1 unspecified atom stereocenters. The topological polar surface area (TPSA) is 61.8 Å². The molecule has 0 aromatic heterocycles. The first kappa shape index (κ1) is 16.3. The van der Waals surface area contributed by atoms with Gasteiger partial charge in [-0.2, -0.15) is 0 Å². The predicted octanol–water partition coefficient (Wildman–Crippen LogP) is 3.54. The standard InChI is InChI=1S/C9H22O5P2/c1-6-12-16(11,13-7-2)8-15(5,10)14-9(3)4/h9H,6-8H2,1-5H3. The molecule has 0 fully saturated rings. The van der Waals surface area contributed by atoms with Crippen LogP contribution in [-0.2, 0) is 22.7 Å². The minimum atomic E-state index is -3.29. The van der Waals surface area contributed by atoms with Gasteiger partial charge >= 0.3 is 7.60 Å². The lowest BCUT2D eigenvalue weighted by Crippen LogP contribution is -2.06. The minimum absolute atomic E-state index is 0.167. The normalized spacial score (nSPS) is 16.4. The molecule has 0 aliphatic heterocycles. The zero-order chi connectivity index (χ0) is 12.8. The maximum Gasteiger partial charge on any atom is 0.340 e. The van der Waals surface area contributed by atoms with Crippen molar-refractivity contribution in [2.45, 2.75) is 33.8 Å². The third-order valence-electron chi connectivity index (χ3n) is 1.52. The van der Waals surface area contributed by atoms with Crippen LogP contribution < -0.4 is 0 Å². The van der Waals surface area contributed by atoms with Crippen molar-refractivity contribution < 1.29 is 22.7 Å². The van der Waals surface area contributed by atoms with Gasteiger partial charge < -0.3 is 13.6 Å². The van der Waals surface area contributed by atoms with Gasteiger partial charge in [0.1, 0.15) is 5.90 Å². The Morgan fingerprint density at radius 2 is 1.50 bits per heavy atom. The van der Waals surface area contributed by atoms with E-state index < -0.39 is 15.0 Å². The Morgan fingerprint density at radius 3 is 1.81 bits per heavy atom. The fraction of sp³-hybridized carbons (Fsp3) is 1.00. The third-order valence-corrected chi connectivity index (χ3v) is 7.13. The van der Waals surface area contributed by atoms with Gasteiger partial charge in [-0.05, 0) is 27.7 Å². The zero-order valence-corrected chi connectivity index (χ0v) is 12.4. The predicted molar refractivity (Wildman–Crippen MR) is 65.5 cm³/mol. The van der Waals surface area contributed by atoms with Crippen LogP contribution in [0.1, 0.15) is 27.7 Å². The largest absolute Gasteiger partial charge is 0.340 e. The van der Waals surface area contributed by atoms with E-state index in [0.29, 0.717) is 0 Å². The Balaban J connectivity index is 4.61. The summed E-state index contributed by atoms with van der Waals surface area (Å²) in [4.78, 5) is 0. The molecular formula is C9H22O5P2. The summed E-state index contributed by atoms with van der Waals surface area (Å²) in [6.07, 6.45) is -0.174. The van der Waals surface area contributed by atoms with E-state index in [4.69, 9.17) is 13.6 Å². The van der Waals surface area contributed by atoms with Gasteiger partial charge in [-0.1, -0.05) is 0 Å². The van der Waals surface area contributed by atoms with E-state index in [1.165, 1.54) is 6.66 Å². The molecule has 0 radical (unpaired) electrons. The summed E-state index contributed by atoms with van der Waals surface area (Å²) >= 11 is 0. The number of rotatable bonds is 8. The lowest BCUT2D eigenvalue weighted by atomic mass is 10.5. The van der Waals surface area contributed by atoms with Crippen LogP contribution in [0.25, 0.3) is 0 Å². The van der Waals surface area contributed by atoms with E-state index in [1.54, 1.807) is 27.7 Å². The molecular weight excluding hydrogens is 250 g/mol. The van der Waals surface area contributed by atoms with Crippen molar-refractivity contribution in [1.82, 2.24) is 0 Å². The summed E-state index contributed by atoms with van der Waals surface area (Å²) in [5, 5.41) is 0. The second-order valence-corrected chi connectivity index (χ2v) is 8.86. The van der Waals surface area contributed by atoms with Crippen LogP contribution in [0, 0.1) is 0 Å². The van der Waals surface area contributed by atoms with Crippen molar-refractivity contribution in [1.29, 1.82) is 0 Å². The second kappa shape index (κ2) is 6.93. The smallest absolute Gasteiger partial charge is 0.325 e. The quantitative estimate of drug-likeness (QED) is 0.632. The van der Waals surface area contributed by atoms with E-state index in [9.17, 15) is 9.13 Å². The number of hydrogen-bond donors (Lipinski definition) is 0. The minimum Gasteiger partial charge on any atom is -0.325 e. The summed E-state index contributed by atoms with van der Waals surface area (Å²) in [5.41, 5.74) is 0. The van der Waals surface area contributed by atoms with Crippen LogP contribution in [0.4, 0.5) is 0 Å². The molecule has 0 heterocycles. The highest BCUT2D eigenvalue weighted by Crippen LogP contribution is 2.61. The lowest BCUT2D eigenvalue weighted by molar-refractivity contribution is 0.218. The van der Waals surface area contributed by atoms with Gasteiger partial charge in [-0.25, -0.2) is 0 Å². The van der Waals surface area contributed by atoms with Gasteiger partial charge in [0.15, 0.2) is 0 Å². The molecule has 0 aliphatic carbocycles. The first-order valence-corrected chi connectivity index (χ1v) is 9.36. The van der Waals surface area contributed by atoms with Crippen LogP contribution in [0.5, 0.6) is 0 Å². The summed E-state index contributed by atoms with van der Waals surface area (Å²) in [5.74, 6) is -0.167. The molecule has 1 atom stereocenters. The van der Waals surface area contributed by atoms with Crippen LogP contribution >= 0.6 is 15.0 Å². The van der Waals surface area contributed by atoms with Crippen LogP contribution in [0.3, 0.4) is 0 Å². The van der Waals surface area contributed by atoms with Crippen molar-refractivity contribution in [2.24, 2.45) is 0 Å². The molecule has 0 aliphatic rings. The molecule has 0 aromatic rings. The molecule has 5 nitrogen and oxygen atoms in total. The SMILES string of the molecule is CCOP(=O)(CP(C)(=O)OC(C)C)OCC. The second-order valence-electron chi connectivity index (χ2n) is 3.76. The Kier molecular flexibility index (Phi) is 7.07. The van der Waals surface area contributed by atoms with Crippen molar-refractivity contribution in [3.8, 4) is 0 Å². The first-order valence-electron chi connectivity index (χ1n) is 5.37. The van der Waals surface area contributed by atoms with Gasteiger partial charge in [0.25, 0.3) is 0 Å². The molecule has 0 rings (SSSR count). The maximum atomic E-state index is 12.1. The van der Waals surface area contributed by atoms with E-state index in [1.807, 2.05) is 0 Å². The highest BCUT2D eigenvalue weighted by molar-refractivity contribution is 7.73. The van der Waals surface area contributed by atoms with Gasteiger partial charge in [-0.15, -0.1) is 0 Å². The van der Waals surface area contributed by atoms with Crippen molar-refractivity contribution in [2.75, 3.05) is 25.8 Å². The average molecular weight is 272 g/mol. The number of hydrogen-bond acceptors (Lipinski definition) is 5. The summed E-state index contributed by atoms with van der Waals surface area (Å²) < 4.78 is 39.5. The van der Waals surface area contributed by atoms with Crippen LogP contribution in [-0.4, -0.2) is 31.9 Å². The first-order chi connectivity index (χ1) is 7.24. The molecule has 0 N–H and O–H groups in total. The highest BCUT2D eigenvalue weighted by Gasteiger charge is 2.34. The highest BCUT2D eigenvalue weighted by atomic mass is 31.2. The van der Waals surface area contributed by atoms with E-state index in [2.05, 4.69) is 0 Å². The van der Waals surface area contributed by atoms with Gasteiger partial charge in [0, 0.05) is 6.66 Å². The molecule has 0 saturated carbocycles. The Morgan fingerprint density at radius 1 is 1.06 bits per heavy atom. The Labute approximate surface area is 97.8 Å². The summed E-state index contributed by atoms with van der Waals surface area (Å²) in [6, 6.07) is 0. The molecule has 98 valence electrons. The van der Waals surface area contributed by atoms with E-state index >= 15 is 0 Å². The Hall–Kier alpha value is 0.340. The molecule has 0 aromatic carbocycles. The average Bonchev–Trinajstić information content (AvgIpc) is 1.99. The fourth-order valence-electron chi connectivity index (χ4n) is 1.31. The molecule has 0 amide bonds. The third kappa shape index (κ3) is 6.82. The van der Waals surface area contributed by atoms with Crippen molar-refractivity contribution in [3.05, 3.63) is 0 Å². The van der Waals surface area contributed by atoms with Gasteiger partial charge in [0.05, 0.1) is 19.3 Å². The van der Waals surface area contributed by atoms with Crippen molar-refractivity contribution in [3.63, 3.8) is 0 Å². The lowest BCUT2D eigenvalue weighted by Gasteiger charge is -2.22. The molecule has 16 heavy (non-hydrogen) atoms. The van der Waals surface area contributed by atoms with Gasteiger partial charge in [-0.3, -0.25) is 9.13 Å². The molecule has 0 spiro atoms. The monoisotopic (exact) mass is 272 g/mol. The summed E-state index contributed by atoms with van der Waals surface area (Å²) in [6.45, 7) is 8.98. The van der Waals surface area contributed by atoms with Crippen molar-refractivity contribution >= 4 is 15.0 Å². The molecule has 7 heteroatoms. The van der Waals surface area contributed by atoms with Crippen LogP contribution in [0.15, 0.2) is 0 Å².